The Morgan fingerprint density at radius 3 is 2.28 bits per heavy atom. The van der Waals surface area contributed by atoms with Crippen molar-refractivity contribution >= 4 is 64.5 Å². The van der Waals surface area contributed by atoms with E-state index < -0.39 is 30.9 Å². The highest BCUT2D eigenvalue weighted by molar-refractivity contribution is 7.99. The summed E-state index contributed by atoms with van der Waals surface area (Å²) in [6.45, 7) is -0.115. The van der Waals surface area contributed by atoms with Crippen LogP contribution in [0.3, 0.4) is 0 Å². The zero-order valence-corrected chi connectivity index (χ0v) is 34.1. The number of benzene rings is 7. The Hall–Kier alpha value is -6.43. The van der Waals surface area contributed by atoms with Gasteiger partial charge in [-0.1, -0.05) is 109 Å². The van der Waals surface area contributed by atoms with Crippen molar-refractivity contribution in [2.45, 2.75) is 29.3 Å². The number of ether oxygens (including phenoxy) is 1. The van der Waals surface area contributed by atoms with Crippen LogP contribution in [-0.4, -0.2) is 42.3 Å². The number of fused-ring (bicyclic) bond motifs is 3. The van der Waals surface area contributed by atoms with E-state index in [2.05, 4.69) is 10.6 Å². The molecule has 1 aliphatic rings. The number of para-hydroxylation sites is 1. The van der Waals surface area contributed by atoms with Crippen LogP contribution >= 0.6 is 19.6 Å². The average molecular weight is 838 g/mol. The lowest BCUT2D eigenvalue weighted by Crippen LogP contribution is -2.52. The molecule has 3 amide bonds. The number of methoxy groups -OCH3 is 1. The summed E-state index contributed by atoms with van der Waals surface area (Å²) in [7, 11) is -2.87. The van der Waals surface area contributed by atoms with Crippen molar-refractivity contribution < 1.29 is 37.6 Å². The largest absolute Gasteiger partial charge is 0.527 e. The van der Waals surface area contributed by atoms with Crippen molar-refractivity contribution in [3.05, 3.63) is 180 Å². The molecule has 11 nitrogen and oxygen atoms in total. The zero-order chi connectivity index (χ0) is 41.6. The predicted octanol–water partition coefficient (Wildman–Crippen LogP) is 8.99. The van der Waals surface area contributed by atoms with Crippen LogP contribution in [0.15, 0.2) is 163 Å². The van der Waals surface area contributed by atoms with Crippen molar-refractivity contribution in [2.75, 3.05) is 18.6 Å². The van der Waals surface area contributed by atoms with Gasteiger partial charge in [-0.3, -0.25) is 23.8 Å². The lowest BCUT2D eigenvalue weighted by atomic mass is 10.0. The van der Waals surface area contributed by atoms with E-state index in [0.29, 0.717) is 22.2 Å². The number of hydrogen-bond donors (Lipinski definition) is 3. The summed E-state index contributed by atoms with van der Waals surface area (Å²) >= 11 is 1.43. The summed E-state index contributed by atoms with van der Waals surface area (Å²) in [5, 5.41) is 8.83. The van der Waals surface area contributed by atoms with E-state index in [1.54, 1.807) is 79.9 Å². The second-order valence-electron chi connectivity index (χ2n) is 14.1. The number of amides is 3. The van der Waals surface area contributed by atoms with E-state index in [0.717, 1.165) is 32.4 Å². The minimum Gasteiger partial charge on any atom is -0.497 e. The zero-order valence-electron chi connectivity index (χ0n) is 32.4. The van der Waals surface area contributed by atoms with Gasteiger partial charge in [0, 0.05) is 17.0 Å². The van der Waals surface area contributed by atoms with E-state index in [1.807, 2.05) is 78.9 Å². The van der Waals surface area contributed by atoms with Crippen LogP contribution in [0.4, 0.5) is 5.69 Å². The van der Waals surface area contributed by atoms with Crippen LogP contribution in [0, 0.1) is 0 Å². The molecule has 0 bridgehead atoms. The minimum absolute atomic E-state index is 0.106. The molecule has 0 saturated heterocycles. The van der Waals surface area contributed by atoms with E-state index in [4.69, 9.17) is 13.8 Å². The summed E-state index contributed by atoms with van der Waals surface area (Å²) in [4.78, 5) is 55.4. The number of hydrogen-bond acceptors (Lipinski definition) is 8. The number of rotatable bonds is 13. The first-order chi connectivity index (χ1) is 29.1. The molecule has 7 aromatic rings. The van der Waals surface area contributed by atoms with Gasteiger partial charge in [0.25, 0.3) is 11.8 Å². The van der Waals surface area contributed by atoms with Crippen molar-refractivity contribution in [3.63, 3.8) is 0 Å². The Bertz CT molecular complexity index is 2750. The molecule has 0 saturated carbocycles. The van der Waals surface area contributed by atoms with Crippen LogP contribution in [0.2, 0.25) is 0 Å². The fourth-order valence-corrected chi connectivity index (χ4v) is 9.22. The van der Waals surface area contributed by atoms with Gasteiger partial charge in [0.05, 0.1) is 24.7 Å². The van der Waals surface area contributed by atoms with E-state index in [-0.39, 0.29) is 36.9 Å². The standard InChI is InChI=1S/C47H40N3O8PS/c1-56-38-23-20-33(21-24-38)45-44(49-46(52)36-19-18-35-27-39(25-22-34(35)26-36)58-59(54,55)57-30-31-10-3-2-4-11-31)47(53)50(41-16-7-8-17-42(41)60-45)29-43(51)48-28-37-14-9-13-32-12-5-6-15-40(32)37/h2-27,44-45H,28-30H2,1H3,(H,48,51)(H,49,52)(H,54,55). The van der Waals surface area contributed by atoms with E-state index >= 15 is 0 Å². The summed E-state index contributed by atoms with van der Waals surface area (Å²) in [6, 6.07) is 46.3. The molecule has 0 aromatic heterocycles. The molecule has 302 valence electrons. The molecule has 0 fully saturated rings. The third-order valence-electron chi connectivity index (χ3n) is 10.2. The van der Waals surface area contributed by atoms with Crippen molar-refractivity contribution in [1.29, 1.82) is 0 Å². The smallest absolute Gasteiger partial charge is 0.497 e. The Morgan fingerprint density at radius 1 is 0.767 bits per heavy atom. The molecule has 3 N–H and O–H groups in total. The SMILES string of the molecule is COc1ccc(C2Sc3ccccc3N(CC(=O)NCc3cccc4ccccc34)C(=O)C2NC(=O)c2ccc3cc(OP(=O)(O)OCc4ccccc4)ccc3c2)cc1. The van der Waals surface area contributed by atoms with Crippen LogP contribution in [0.5, 0.6) is 11.5 Å². The number of phosphoric acid groups is 1. The van der Waals surface area contributed by atoms with E-state index in [1.165, 1.54) is 22.7 Å². The Labute approximate surface area is 350 Å². The maximum Gasteiger partial charge on any atom is 0.527 e. The molecule has 1 heterocycles. The van der Waals surface area contributed by atoms with Gasteiger partial charge < -0.3 is 24.8 Å². The number of nitrogens with zero attached hydrogens (tertiary/aromatic N) is 1. The van der Waals surface area contributed by atoms with Crippen LogP contribution in [-0.2, 0) is 31.8 Å². The molecule has 0 radical (unpaired) electrons. The second-order valence-corrected chi connectivity index (χ2v) is 16.7. The lowest BCUT2D eigenvalue weighted by molar-refractivity contribution is -0.124. The molecule has 8 rings (SSSR count). The summed E-state index contributed by atoms with van der Waals surface area (Å²) < 4.78 is 28.7. The third-order valence-corrected chi connectivity index (χ3v) is 12.5. The molecule has 3 unspecified atom stereocenters. The summed E-state index contributed by atoms with van der Waals surface area (Å²) in [5.74, 6) is -0.562. The van der Waals surface area contributed by atoms with Crippen molar-refractivity contribution in [2.24, 2.45) is 0 Å². The van der Waals surface area contributed by atoms with E-state index in [9.17, 15) is 23.8 Å². The molecule has 0 aliphatic carbocycles. The maximum absolute atomic E-state index is 14.9. The molecular weight excluding hydrogens is 798 g/mol. The molecule has 1 aliphatic heterocycles. The highest BCUT2D eigenvalue weighted by Crippen LogP contribution is 2.47. The quantitative estimate of drug-likeness (QED) is 0.0970. The van der Waals surface area contributed by atoms with Crippen LogP contribution < -0.4 is 24.8 Å². The number of carbonyl (C=O) groups is 3. The molecule has 3 atom stereocenters. The molecular formula is C47H40N3O8PS. The summed E-state index contributed by atoms with van der Waals surface area (Å²) in [6.07, 6.45) is 0. The van der Waals surface area contributed by atoms with Gasteiger partial charge in [-0.2, -0.15) is 0 Å². The highest BCUT2D eigenvalue weighted by atomic mass is 32.2. The topological polar surface area (TPSA) is 144 Å². The van der Waals surface area contributed by atoms with Gasteiger partial charge >= 0.3 is 7.82 Å². The third kappa shape index (κ3) is 9.22. The highest BCUT2D eigenvalue weighted by Gasteiger charge is 2.40. The van der Waals surface area contributed by atoms with Crippen LogP contribution in [0.1, 0.15) is 32.3 Å². The maximum atomic E-state index is 14.9. The van der Waals surface area contributed by atoms with Gasteiger partial charge in [-0.25, -0.2) is 4.57 Å². The molecule has 7 aromatic carbocycles. The molecule has 13 heteroatoms. The van der Waals surface area contributed by atoms with Gasteiger partial charge in [0.1, 0.15) is 24.1 Å². The predicted molar refractivity (Wildman–Crippen MR) is 233 cm³/mol. The second kappa shape index (κ2) is 17.8. The van der Waals surface area contributed by atoms with Gasteiger partial charge in [-0.05, 0) is 86.8 Å². The lowest BCUT2D eigenvalue weighted by Gasteiger charge is -2.28. The van der Waals surface area contributed by atoms with Gasteiger partial charge in [0.2, 0.25) is 5.91 Å². The Morgan fingerprint density at radius 2 is 1.47 bits per heavy atom. The number of nitrogens with one attached hydrogen (secondary N) is 2. The summed E-state index contributed by atoms with van der Waals surface area (Å²) in [5.41, 5.74) is 3.28. The fraction of sp³-hybridized carbons (Fsp3) is 0.128. The monoisotopic (exact) mass is 837 g/mol. The first-order valence-corrected chi connectivity index (χ1v) is 21.5. The normalized spacial score (nSPS) is 16.0. The number of carbonyl (C=O) groups excluding carboxylic acids is 3. The van der Waals surface area contributed by atoms with Crippen molar-refractivity contribution in [1.82, 2.24) is 10.6 Å². The first kappa shape index (κ1) is 40.4. The van der Waals surface area contributed by atoms with Gasteiger partial charge in [-0.15, -0.1) is 11.8 Å². The minimum atomic E-state index is -4.45. The Balaban J connectivity index is 1.04. The van der Waals surface area contributed by atoms with Gasteiger partial charge in [0.15, 0.2) is 0 Å². The number of anilines is 1. The fourth-order valence-electron chi connectivity index (χ4n) is 7.13. The number of thioether (sulfide) groups is 1. The van der Waals surface area contributed by atoms with Crippen LogP contribution in [0.25, 0.3) is 21.5 Å². The Kier molecular flexibility index (Phi) is 12.0. The first-order valence-electron chi connectivity index (χ1n) is 19.1. The molecule has 0 spiro atoms. The molecule has 60 heavy (non-hydrogen) atoms. The van der Waals surface area contributed by atoms with Crippen molar-refractivity contribution in [3.8, 4) is 11.5 Å². The average Bonchev–Trinajstić information content (AvgIpc) is 3.38. The number of phosphoric ester groups is 1.